The van der Waals surface area contributed by atoms with Crippen LogP contribution in [0.3, 0.4) is 0 Å². The molecule has 0 aliphatic heterocycles. The van der Waals surface area contributed by atoms with E-state index in [2.05, 4.69) is 5.32 Å². The Kier molecular flexibility index (Phi) is 4.47. The molecule has 0 spiro atoms. The molecule has 0 aromatic heterocycles. The van der Waals surface area contributed by atoms with Gasteiger partial charge in [0.1, 0.15) is 24.0 Å². The molecule has 0 aliphatic rings. The van der Waals surface area contributed by atoms with Crippen LogP contribution in [0.4, 0.5) is 8.78 Å². The van der Waals surface area contributed by atoms with Crippen molar-refractivity contribution in [3.63, 3.8) is 0 Å². The first-order chi connectivity index (χ1) is 9.20. The third-order valence-electron chi connectivity index (χ3n) is 2.84. The molecule has 0 aliphatic carbocycles. The molecule has 2 nitrogen and oxygen atoms in total. The second-order valence-electron chi connectivity index (χ2n) is 4.13. The van der Waals surface area contributed by atoms with E-state index in [9.17, 15) is 8.78 Å². The lowest BCUT2D eigenvalue weighted by atomic mass is 10.1. The molecule has 2 aromatic carbocycles. The minimum absolute atomic E-state index is 0.223. The van der Waals surface area contributed by atoms with Crippen molar-refractivity contribution in [2.24, 2.45) is 0 Å². The first-order valence-corrected chi connectivity index (χ1v) is 6.01. The molecule has 4 heteroatoms. The zero-order chi connectivity index (χ0) is 13.7. The quantitative estimate of drug-likeness (QED) is 0.893. The van der Waals surface area contributed by atoms with Crippen molar-refractivity contribution in [2.45, 2.75) is 6.04 Å². The van der Waals surface area contributed by atoms with Crippen LogP contribution in [0.1, 0.15) is 11.6 Å². The van der Waals surface area contributed by atoms with Crippen LogP contribution in [0.2, 0.25) is 0 Å². The first-order valence-electron chi connectivity index (χ1n) is 6.01. The van der Waals surface area contributed by atoms with Gasteiger partial charge in [0.15, 0.2) is 0 Å². The zero-order valence-corrected chi connectivity index (χ0v) is 10.6. The van der Waals surface area contributed by atoms with Crippen molar-refractivity contribution >= 4 is 0 Å². The van der Waals surface area contributed by atoms with Gasteiger partial charge in [-0.2, -0.15) is 0 Å². The first kappa shape index (κ1) is 13.5. The number of rotatable bonds is 5. The normalized spacial score (nSPS) is 12.2. The average Bonchev–Trinajstić information content (AvgIpc) is 2.44. The van der Waals surface area contributed by atoms with Crippen molar-refractivity contribution < 1.29 is 13.5 Å². The van der Waals surface area contributed by atoms with Crippen molar-refractivity contribution in [1.82, 2.24) is 5.32 Å². The van der Waals surface area contributed by atoms with Crippen LogP contribution < -0.4 is 10.1 Å². The number of nitrogens with one attached hydrogen (secondary N) is 1. The van der Waals surface area contributed by atoms with Crippen molar-refractivity contribution in [3.8, 4) is 5.75 Å². The Morgan fingerprint density at radius 2 is 1.84 bits per heavy atom. The number of benzene rings is 2. The molecule has 1 N–H and O–H groups in total. The molecule has 2 aromatic rings. The van der Waals surface area contributed by atoms with Crippen molar-refractivity contribution in [3.05, 3.63) is 65.7 Å². The fraction of sp³-hybridized carbons (Fsp3) is 0.200. The van der Waals surface area contributed by atoms with Gasteiger partial charge in [-0.25, -0.2) is 8.78 Å². The molecule has 0 bridgehead atoms. The van der Waals surface area contributed by atoms with Gasteiger partial charge in [-0.3, -0.25) is 0 Å². The van der Waals surface area contributed by atoms with Gasteiger partial charge in [-0.1, -0.05) is 18.2 Å². The largest absolute Gasteiger partial charge is 0.492 e. The highest BCUT2D eigenvalue weighted by atomic mass is 19.1. The fourth-order valence-corrected chi connectivity index (χ4v) is 1.81. The van der Waals surface area contributed by atoms with E-state index in [0.717, 1.165) is 12.1 Å². The van der Waals surface area contributed by atoms with Gasteiger partial charge in [0.25, 0.3) is 0 Å². The second kappa shape index (κ2) is 6.29. The van der Waals surface area contributed by atoms with E-state index in [1.165, 1.54) is 6.07 Å². The molecule has 0 amide bonds. The van der Waals surface area contributed by atoms with E-state index in [0.29, 0.717) is 5.75 Å². The molecule has 0 radical (unpaired) electrons. The predicted molar refractivity (Wildman–Crippen MR) is 70.1 cm³/mol. The van der Waals surface area contributed by atoms with Gasteiger partial charge in [0.05, 0.1) is 6.04 Å². The van der Waals surface area contributed by atoms with Gasteiger partial charge < -0.3 is 10.1 Å². The molecule has 19 heavy (non-hydrogen) atoms. The van der Waals surface area contributed by atoms with Crippen LogP contribution in [-0.4, -0.2) is 13.7 Å². The summed E-state index contributed by atoms with van der Waals surface area (Å²) in [6, 6.07) is 12.2. The van der Waals surface area contributed by atoms with Crippen molar-refractivity contribution in [2.75, 3.05) is 13.7 Å². The smallest absolute Gasteiger partial charge is 0.128 e. The fourth-order valence-electron chi connectivity index (χ4n) is 1.81. The maximum absolute atomic E-state index is 13.7. The monoisotopic (exact) mass is 263 g/mol. The van der Waals surface area contributed by atoms with Gasteiger partial charge in [-0.05, 0) is 37.4 Å². The molecule has 0 saturated heterocycles. The summed E-state index contributed by atoms with van der Waals surface area (Å²) in [5.41, 5.74) is 0.262. The van der Waals surface area contributed by atoms with Gasteiger partial charge in [0, 0.05) is 5.56 Å². The van der Waals surface area contributed by atoms with E-state index in [1.807, 2.05) is 30.3 Å². The maximum Gasteiger partial charge on any atom is 0.128 e. The van der Waals surface area contributed by atoms with Gasteiger partial charge in [0.2, 0.25) is 0 Å². The summed E-state index contributed by atoms with van der Waals surface area (Å²) < 4.78 is 32.4. The van der Waals surface area contributed by atoms with Crippen LogP contribution in [-0.2, 0) is 0 Å². The standard InChI is InChI=1S/C15H15F2NO/c1-18-15(10-19-12-5-3-2-4-6-12)13-9-11(16)7-8-14(13)17/h2-9,15,18H,10H2,1H3. The van der Waals surface area contributed by atoms with E-state index < -0.39 is 17.7 Å². The molecule has 2 rings (SSSR count). The third-order valence-corrected chi connectivity index (χ3v) is 2.84. The summed E-state index contributed by atoms with van der Waals surface area (Å²) >= 11 is 0. The Labute approximate surface area is 111 Å². The predicted octanol–water partition coefficient (Wildman–Crippen LogP) is 3.30. The molecule has 0 saturated carbocycles. The number of halogens is 2. The van der Waals surface area contributed by atoms with Crippen LogP contribution in [0.5, 0.6) is 5.75 Å². The number of hydrogen-bond donors (Lipinski definition) is 1. The molecule has 0 heterocycles. The highest BCUT2D eigenvalue weighted by Crippen LogP contribution is 2.20. The highest BCUT2D eigenvalue weighted by molar-refractivity contribution is 5.24. The van der Waals surface area contributed by atoms with E-state index in [-0.39, 0.29) is 12.2 Å². The molecule has 0 fully saturated rings. The Morgan fingerprint density at radius 3 is 2.53 bits per heavy atom. The highest BCUT2D eigenvalue weighted by Gasteiger charge is 2.15. The Balaban J connectivity index is 2.10. The summed E-state index contributed by atoms with van der Waals surface area (Å²) in [6.07, 6.45) is 0. The third kappa shape index (κ3) is 3.51. The van der Waals surface area contributed by atoms with E-state index in [4.69, 9.17) is 4.74 Å². The molecular formula is C15H15F2NO. The van der Waals surface area contributed by atoms with Gasteiger partial charge in [-0.15, -0.1) is 0 Å². The SMILES string of the molecule is CNC(COc1ccccc1)c1cc(F)ccc1F. The van der Waals surface area contributed by atoms with Crippen molar-refractivity contribution in [1.29, 1.82) is 0 Å². The topological polar surface area (TPSA) is 21.3 Å². The van der Waals surface area contributed by atoms with Crippen LogP contribution >= 0.6 is 0 Å². The van der Waals surface area contributed by atoms with E-state index in [1.54, 1.807) is 7.05 Å². The summed E-state index contributed by atoms with van der Waals surface area (Å²) in [7, 11) is 1.68. The Bertz CT molecular complexity index is 531. The lowest BCUT2D eigenvalue weighted by Gasteiger charge is -2.18. The number of hydrogen-bond acceptors (Lipinski definition) is 2. The van der Waals surface area contributed by atoms with Crippen LogP contribution in [0, 0.1) is 11.6 Å². The lowest BCUT2D eigenvalue weighted by Crippen LogP contribution is -2.24. The average molecular weight is 263 g/mol. The zero-order valence-electron chi connectivity index (χ0n) is 10.6. The molecular weight excluding hydrogens is 248 g/mol. The lowest BCUT2D eigenvalue weighted by molar-refractivity contribution is 0.269. The summed E-state index contributed by atoms with van der Waals surface area (Å²) in [5, 5.41) is 2.92. The summed E-state index contributed by atoms with van der Waals surface area (Å²) in [6.45, 7) is 0.223. The Hall–Kier alpha value is -1.94. The summed E-state index contributed by atoms with van der Waals surface area (Å²) in [4.78, 5) is 0. The maximum atomic E-state index is 13.7. The van der Waals surface area contributed by atoms with Crippen LogP contribution in [0.25, 0.3) is 0 Å². The number of ether oxygens (including phenoxy) is 1. The molecule has 100 valence electrons. The minimum atomic E-state index is -0.462. The molecule has 1 unspecified atom stereocenters. The number of para-hydroxylation sites is 1. The Morgan fingerprint density at radius 1 is 1.11 bits per heavy atom. The summed E-state index contributed by atoms with van der Waals surface area (Å²) in [5.74, 6) is -0.215. The second-order valence-corrected chi connectivity index (χ2v) is 4.13. The van der Waals surface area contributed by atoms with E-state index >= 15 is 0 Å². The minimum Gasteiger partial charge on any atom is -0.492 e. The number of likely N-dealkylation sites (N-methyl/N-ethyl adjacent to an activating group) is 1. The molecule has 1 atom stereocenters. The van der Waals surface area contributed by atoms with Gasteiger partial charge >= 0.3 is 0 Å². The van der Waals surface area contributed by atoms with Crippen LogP contribution in [0.15, 0.2) is 48.5 Å².